The minimum absolute atomic E-state index is 0.0100. The van der Waals surface area contributed by atoms with E-state index < -0.39 is 28.2 Å². The van der Waals surface area contributed by atoms with Crippen LogP contribution in [0.1, 0.15) is 63.0 Å². The average molecular weight is 494 g/mol. The molecule has 1 aliphatic heterocycles. The van der Waals surface area contributed by atoms with Gasteiger partial charge in [-0.1, -0.05) is 48.0 Å². The van der Waals surface area contributed by atoms with Crippen LogP contribution in [0.4, 0.5) is 10.2 Å². The highest BCUT2D eigenvalue weighted by Crippen LogP contribution is 2.40. The molecule has 1 amide bonds. The van der Waals surface area contributed by atoms with Gasteiger partial charge in [-0.05, 0) is 38.5 Å². The van der Waals surface area contributed by atoms with Gasteiger partial charge < -0.3 is 10.4 Å². The van der Waals surface area contributed by atoms with Crippen molar-refractivity contribution in [2.45, 2.75) is 45.6 Å². The van der Waals surface area contributed by atoms with Crippen LogP contribution in [0.2, 0.25) is 0 Å². The van der Waals surface area contributed by atoms with Crippen molar-refractivity contribution >= 4 is 17.7 Å². The summed E-state index contributed by atoms with van der Waals surface area (Å²) >= 11 is 0. The lowest BCUT2D eigenvalue weighted by atomic mass is 10.00. The minimum atomic E-state index is -1.94. The third kappa shape index (κ3) is 4.80. The number of aromatic nitrogens is 2. The number of aryl methyl sites for hydroxylation is 1. The molecule has 36 heavy (non-hydrogen) atoms. The molecule has 2 heterocycles. The van der Waals surface area contributed by atoms with Crippen LogP contribution in [0.25, 0.3) is 0 Å². The number of hydroxylamine groups is 2. The van der Waals surface area contributed by atoms with E-state index in [4.69, 9.17) is 5.11 Å². The molecule has 2 unspecified atom stereocenters. The number of nitrogens with zero attached hydrogens (tertiary/aromatic N) is 3. The lowest BCUT2D eigenvalue weighted by Gasteiger charge is -2.25. The number of rotatable bonds is 8. The first kappa shape index (κ1) is 25.3. The van der Waals surface area contributed by atoms with Gasteiger partial charge >= 0.3 is 5.97 Å². The highest BCUT2D eigenvalue weighted by molar-refractivity contribution is 6.00. The van der Waals surface area contributed by atoms with E-state index in [1.54, 1.807) is 12.1 Å². The SMILES string of the molecule is C=CC(NC(=O)c1c(C(C)(C)F)nn2c1[N+](O)(Cc1cccc(C)c1)CC2)c1ccc(C(=O)O)cc1. The van der Waals surface area contributed by atoms with Gasteiger partial charge in [0, 0.05) is 5.56 Å². The van der Waals surface area contributed by atoms with E-state index in [0.717, 1.165) is 11.1 Å². The summed E-state index contributed by atoms with van der Waals surface area (Å²) in [6.07, 6.45) is 1.51. The lowest BCUT2D eigenvalue weighted by molar-refractivity contribution is -0.0797. The number of carbonyl (C=O) groups is 2. The summed E-state index contributed by atoms with van der Waals surface area (Å²) in [5.74, 6) is -1.43. The summed E-state index contributed by atoms with van der Waals surface area (Å²) in [6, 6.07) is 13.1. The molecule has 9 heteroatoms. The van der Waals surface area contributed by atoms with Crippen molar-refractivity contribution < 1.29 is 24.3 Å². The number of amides is 1. The number of fused-ring (bicyclic) bond motifs is 1. The molecular formula is C27H30FN4O4+. The Bertz CT molecular complexity index is 1330. The lowest BCUT2D eigenvalue weighted by Crippen LogP contribution is -2.45. The fraction of sp³-hybridized carbons (Fsp3) is 0.296. The zero-order chi connectivity index (χ0) is 26.3. The van der Waals surface area contributed by atoms with Crippen molar-refractivity contribution in [3.63, 3.8) is 0 Å². The zero-order valence-corrected chi connectivity index (χ0v) is 20.5. The van der Waals surface area contributed by atoms with Gasteiger partial charge in [0.25, 0.3) is 11.7 Å². The molecule has 0 spiro atoms. The van der Waals surface area contributed by atoms with E-state index in [0.29, 0.717) is 12.1 Å². The van der Waals surface area contributed by atoms with Gasteiger partial charge in [0.15, 0.2) is 5.56 Å². The number of halogens is 1. The zero-order valence-electron chi connectivity index (χ0n) is 20.5. The molecule has 3 aromatic rings. The summed E-state index contributed by atoms with van der Waals surface area (Å²) in [4.78, 5) is 24.8. The Hall–Kier alpha value is -3.82. The summed E-state index contributed by atoms with van der Waals surface area (Å²) < 4.78 is 16.2. The summed E-state index contributed by atoms with van der Waals surface area (Å²) in [6.45, 7) is 9.20. The number of quaternary nitrogens is 1. The number of carboxylic acids is 1. The summed E-state index contributed by atoms with van der Waals surface area (Å²) in [5.41, 5.74) is 0.634. The number of aromatic carboxylic acids is 1. The van der Waals surface area contributed by atoms with Crippen LogP contribution >= 0.6 is 0 Å². The van der Waals surface area contributed by atoms with E-state index in [1.165, 1.54) is 36.7 Å². The van der Waals surface area contributed by atoms with Crippen LogP contribution in [0.5, 0.6) is 0 Å². The first-order valence-corrected chi connectivity index (χ1v) is 11.7. The number of benzene rings is 2. The Labute approximate surface area is 208 Å². The third-order valence-corrected chi connectivity index (χ3v) is 6.36. The maximum Gasteiger partial charge on any atom is 0.335 e. The Morgan fingerprint density at radius 3 is 2.56 bits per heavy atom. The molecule has 1 aliphatic rings. The van der Waals surface area contributed by atoms with Crippen LogP contribution in [0.3, 0.4) is 0 Å². The molecule has 0 bridgehead atoms. The number of carboxylic acid groups (broad SMARTS) is 1. The molecular weight excluding hydrogens is 463 g/mol. The molecule has 188 valence electrons. The quantitative estimate of drug-likeness (QED) is 0.313. The van der Waals surface area contributed by atoms with Gasteiger partial charge in [0.2, 0.25) is 0 Å². The second-order valence-electron chi connectivity index (χ2n) is 9.65. The maximum atomic E-state index is 15.3. The van der Waals surface area contributed by atoms with Crippen LogP contribution < -0.4 is 9.96 Å². The van der Waals surface area contributed by atoms with E-state index in [9.17, 15) is 14.8 Å². The fourth-order valence-electron chi connectivity index (χ4n) is 4.61. The van der Waals surface area contributed by atoms with E-state index in [2.05, 4.69) is 17.0 Å². The normalized spacial score (nSPS) is 17.9. The smallest absolute Gasteiger partial charge is 0.335 e. The molecule has 0 saturated carbocycles. The topological polar surface area (TPSA) is 104 Å². The van der Waals surface area contributed by atoms with E-state index in [-0.39, 0.29) is 35.7 Å². The predicted octanol–water partition coefficient (Wildman–Crippen LogP) is 4.66. The van der Waals surface area contributed by atoms with Crippen LogP contribution in [0.15, 0.2) is 61.2 Å². The number of carbonyl (C=O) groups excluding carboxylic acids is 1. The molecule has 0 aliphatic carbocycles. The standard InChI is InChI=1S/C27H29FN4O4/c1-5-21(19-9-11-20(12-10-19)26(34)35)29-24(33)22-23(27(3,4)28)30-31-13-14-32(36,25(22)31)16-18-8-6-7-17(2)15-18/h5-12,15,21,36H,1,13-14,16H2,2-4H3,(H-,29,33,34,35)/p+1. The van der Waals surface area contributed by atoms with Crippen molar-refractivity contribution in [2.24, 2.45) is 0 Å². The van der Waals surface area contributed by atoms with Crippen molar-refractivity contribution in [2.75, 3.05) is 6.54 Å². The van der Waals surface area contributed by atoms with Gasteiger partial charge in [-0.2, -0.15) is 5.10 Å². The first-order valence-electron chi connectivity index (χ1n) is 11.7. The molecule has 0 saturated heterocycles. The minimum Gasteiger partial charge on any atom is -0.478 e. The highest BCUT2D eigenvalue weighted by atomic mass is 19.1. The average Bonchev–Trinajstić information content (AvgIpc) is 3.36. The number of nitrogens with one attached hydrogen (secondary N) is 1. The number of hydrogen-bond acceptors (Lipinski definition) is 4. The fourth-order valence-corrected chi connectivity index (χ4v) is 4.61. The van der Waals surface area contributed by atoms with E-state index in [1.807, 2.05) is 31.2 Å². The maximum absolute atomic E-state index is 15.3. The molecule has 8 nitrogen and oxygen atoms in total. The van der Waals surface area contributed by atoms with Gasteiger partial charge in [-0.25, -0.2) is 19.1 Å². The Morgan fingerprint density at radius 1 is 1.28 bits per heavy atom. The number of hydrogen-bond donors (Lipinski definition) is 3. The Balaban J connectivity index is 1.73. The molecule has 3 N–H and O–H groups in total. The molecule has 2 atom stereocenters. The van der Waals surface area contributed by atoms with Crippen LogP contribution in [0, 0.1) is 6.92 Å². The summed E-state index contributed by atoms with van der Waals surface area (Å²) in [7, 11) is 0. The van der Waals surface area contributed by atoms with Crippen LogP contribution in [-0.2, 0) is 18.8 Å². The van der Waals surface area contributed by atoms with Gasteiger partial charge in [-0.15, -0.1) is 11.2 Å². The molecule has 4 rings (SSSR count). The Kier molecular flexibility index (Phi) is 6.55. The highest BCUT2D eigenvalue weighted by Gasteiger charge is 2.48. The van der Waals surface area contributed by atoms with Gasteiger partial charge in [-0.3, -0.25) is 4.79 Å². The van der Waals surface area contributed by atoms with Crippen LogP contribution in [-0.4, -0.2) is 38.5 Å². The van der Waals surface area contributed by atoms with Crippen molar-refractivity contribution in [1.29, 1.82) is 0 Å². The van der Waals surface area contributed by atoms with Gasteiger partial charge in [0.05, 0.1) is 18.2 Å². The second kappa shape index (κ2) is 9.33. The number of alkyl halides is 1. The Morgan fingerprint density at radius 2 is 1.97 bits per heavy atom. The van der Waals surface area contributed by atoms with E-state index >= 15 is 4.39 Å². The predicted molar refractivity (Wildman–Crippen MR) is 133 cm³/mol. The van der Waals surface area contributed by atoms with Crippen molar-refractivity contribution in [3.05, 3.63) is 94.7 Å². The van der Waals surface area contributed by atoms with Crippen molar-refractivity contribution in [1.82, 2.24) is 19.7 Å². The monoisotopic (exact) mass is 493 g/mol. The molecule has 1 aromatic heterocycles. The molecule has 2 aromatic carbocycles. The van der Waals surface area contributed by atoms with Crippen molar-refractivity contribution in [3.8, 4) is 0 Å². The summed E-state index contributed by atoms with van der Waals surface area (Å²) in [5, 5.41) is 28.1. The first-order chi connectivity index (χ1) is 16.9. The second-order valence-corrected chi connectivity index (χ2v) is 9.65. The largest absolute Gasteiger partial charge is 0.478 e. The van der Waals surface area contributed by atoms with Gasteiger partial charge in [0.1, 0.15) is 24.5 Å². The molecule has 0 fully saturated rings. The molecule has 0 radical (unpaired) electrons. The third-order valence-electron chi connectivity index (χ3n) is 6.36.